The van der Waals surface area contributed by atoms with Crippen molar-refractivity contribution in [3.8, 4) is 0 Å². The minimum atomic E-state index is -5.89. The van der Waals surface area contributed by atoms with Gasteiger partial charge in [-0.05, 0) is 0 Å². The fourth-order valence-electron chi connectivity index (χ4n) is 4.46. The van der Waals surface area contributed by atoms with Gasteiger partial charge in [0.2, 0.25) is 11.8 Å². The second-order valence-electron chi connectivity index (χ2n) is 12.9. The summed E-state index contributed by atoms with van der Waals surface area (Å²) in [6, 6.07) is 0. The van der Waals surface area contributed by atoms with Crippen LogP contribution in [0.5, 0.6) is 0 Å². The van der Waals surface area contributed by atoms with Crippen LogP contribution < -0.4 is 35.9 Å². The number of nitrogens with two attached hydrogens (primary N) is 1. The van der Waals surface area contributed by atoms with E-state index in [1.54, 1.807) is 11.8 Å². The van der Waals surface area contributed by atoms with E-state index in [0.29, 0.717) is 12.3 Å². The molecule has 0 saturated carbocycles. The molecule has 296 valence electrons. The van der Waals surface area contributed by atoms with Gasteiger partial charge in [-0.2, -0.15) is 11.8 Å². The first-order valence-electron chi connectivity index (χ1n) is 15.3. The van der Waals surface area contributed by atoms with Crippen molar-refractivity contribution in [1.29, 1.82) is 0 Å². The lowest BCUT2D eigenvalue weighted by Crippen LogP contribution is -2.46. The molecule has 0 aromatic carbocycles. The average Bonchev–Trinajstić information content (AvgIpc) is 3.56. The minimum Gasteiger partial charge on any atom is -0.790 e. The van der Waals surface area contributed by atoms with Gasteiger partial charge in [-0.15, -0.1) is 0 Å². The third-order valence-corrected chi connectivity index (χ3v) is 11.3. The average molecular weight is 820 g/mol. The fourth-order valence-corrected chi connectivity index (χ4v) is 8.02. The predicted molar refractivity (Wildman–Crippen MR) is 173 cm³/mol. The number of nitrogen functional groups attached to an aromatic ring is 1. The molecule has 7 atom stereocenters. The molecular formula is C25H40N7O16P3S-4. The van der Waals surface area contributed by atoms with Crippen molar-refractivity contribution in [1.82, 2.24) is 30.2 Å². The number of nitrogens with zero attached hydrogens (tertiary/aromatic N) is 4. The highest BCUT2D eigenvalue weighted by molar-refractivity contribution is 8.00. The standard InChI is InChI=1S/C25H44N7O16P3S/c1-24(2,3)52-9-8-27-15(33)6-7-28-22(36)19(35)25(4,5)11-45-51(42,43)48-50(40,41)44-10-14-18(47-49(37,38)39)17(34)23(46-14)32-13-31-16-20(26)29-12-30-21(16)32/h12-14,17-19,23,34-35H,6-11H2,1-5H3,(H,27,33)(H,28,36)(H,40,41)(H,42,43)(H2,26,29,30)(H2,37,38,39)/p-4/t14-,17+,18?,19?,23-/m1/s1. The lowest BCUT2D eigenvalue weighted by atomic mass is 9.87. The number of aliphatic hydroxyl groups is 2. The van der Waals surface area contributed by atoms with Gasteiger partial charge < -0.3 is 69.0 Å². The molecule has 4 unspecified atom stereocenters. The number of carbonyl (C=O) groups is 2. The van der Waals surface area contributed by atoms with E-state index in [4.69, 9.17) is 10.5 Å². The Morgan fingerprint density at radius 1 is 1.06 bits per heavy atom. The molecule has 0 spiro atoms. The molecule has 1 aliphatic heterocycles. The van der Waals surface area contributed by atoms with Gasteiger partial charge in [0.15, 0.2) is 17.7 Å². The molecule has 6 N–H and O–H groups in total. The maximum atomic E-state index is 12.5. The van der Waals surface area contributed by atoms with Gasteiger partial charge in [0.25, 0.3) is 15.6 Å². The third kappa shape index (κ3) is 13.3. The molecule has 0 aliphatic carbocycles. The van der Waals surface area contributed by atoms with Crippen LogP contribution in [-0.4, -0.2) is 103 Å². The summed E-state index contributed by atoms with van der Waals surface area (Å²) in [6.07, 6.45) is -7.39. The van der Waals surface area contributed by atoms with Crippen molar-refractivity contribution in [3.05, 3.63) is 12.7 Å². The number of phosphoric acid groups is 3. The van der Waals surface area contributed by atoms with Crippen LogP contribution in [0, 0.1) is 5.41 Å². The van der Waals surface area contributed by atoms with Crippen LogP contribution in [0.4, 0.5) is 5.82 Å². The molecule has 1 saturated heterocycles. The molecule has 1 fully saturated rings. The number of hydrogen-bond acceptors (Lipinski definition) is 21. The molecule has 3 heterocycles. The maximum absolute atomic E-state index is 12.5. The van der Waals surface area contributed by atoms with Crippen LogP contribution in [0.2, 0.25) is 0 Å². The number of aliphatic hydroxyl groups excluding tert-OH is 2. The molecule has 23 nitrogen and oxygen atoms in total. The number of imidazole rings is 1. The number of thioether (sulfide) groups is 1. The number of anilines is 1. The van der Waals surface area contributed by atoms with E-state index in [-0.39, 0.29) is 40.6 Å². The Bertz CT molecular complexity index is 1710. The number of rotatable bonds is 19. The van der Waals surface area contributed by atoms with E-state index >= 15 is 0 Å². The number of fused-ring (bicyclic) bond motifs is 1. The zero-order valence-corrected chi connectivity index (χ0v) is 32.0. The highest BCUT2D eigenvalue weighted by Crippen LogP contribution is 2.56. The summed E-state index contributed by atoms with van der Waals surface area (Å²) in [5.74, 6) is -0.709. The molecule has 1 aliphatic rings. The van der Waals surface area contributed by atoms with E-state index in [1.807, 2.05) is 20.8 Å². The molecule has 2 aromatic heterocycles. The smallest absolute Gasteiger partial charge is 0.274 e. The number of carbonyl (C=O) groups excluding carboxylic acids is 2. The van der Waals surface area contributed by atoms with Crippen LogP contribution in [0.15, 0.2) is 12.7 Å². The Morgan fingerprint density at radius 3 is 2.35 bits per heavy atom. The van der Waals surface area contributed by atoms with Crippen molar-refractivity contribution in [2.75, 3.05) is 37.8 Å². The summed E-state index contributed by atoms with van der Waals surface area (Å²) in [7, 11) is -17.5. The minimum absolute atomic E-state index is 0.0127. The van der Waals surface area contributed by atoms with Crippen molar-refractivity contribution in [2.24, 2.45) is 5.41 Å². The second kappa shape index (κ2) is 17.6. The fraction of sp³-hybridized carbons (Fsp3) is 0.720. The highest BCUT2D eigenvalue weighted by atomic mass is 32.2. The van der Waals surface area contributed by atoms with Gasteiger partial charge in [0.1, 0.15) is 36.3 Å². The number of amides is 2. The topological polar surface area (TPSA) is 358 Å². The molecule has 2 amide bonds. The van der Waals surface area contributed by atoms with Gasteiger partial charge in [0.05, 0.1) is 27.4 Å². The monoisotopic (exact) mass is 819 g/mol. The summed E-state index contributed by atoms with van der Waals surface area (Å²) in [5, 5.41) is 26.3. The molecule has 0 radical (unpaired) electrons. The highest BCUT2D eigenvalue weighted by Gasteiger charge is 2.47. The lowest BCUT2D eigenvalue weighted by molar-refractivity contribution is -0.347. The number of aromatic nitrogens is 4. The second-order valence-corrected chi connectivity index (χ2v) is 18.9. The summed E-state index contributed by atoms with van der Waals surface area (Å²) < 4.78 is 60.4. The quantitative estimate of drug-likeness (QED) is 0.0717. The van der Waals surface area contributed by atoms with Crippen LogP contribution in [-0.2, 0) is 45.9 Å². The summed E-state index contributed by atoms with van der Waals surface area (Å²) in [5.41, 5.74) is 4.12. The van der Waals surface area contributed by atoms with Crippen molar-refractivity contribution in [2.45, 2.75) is 76.4 Å². The molecule has 2 aromatic rings. The van der Waals surface area contributed by atoms with E-state index in [9.17, 15) is 53.1 Å². The molecule has 0 bridgehead atoms. The van der Waals surface area contributed by atoms with E-state index in [2.05, 4.69) is 43.5 Å². The zero-order chi connectivity index (χ0) is 39.3. The van der Waals surface area contributed by atoms with Crippen molar-refractivity contribution in [3.63, 3.8) is 0 Å². The van der Waals surface area contributed by atoms with Crippen molar-refractivity contribution >= 4 is 64.0 Å². The summed E-state index contributed by atoms with van der Waals surface area (Å²) >= 11 is 1.65. The van der Waals surface area contributed by atoms with Crippen LogP contribution in [0.25, 0.3) is 11.2 Å². The number of ether oxygens (including phenoxy) is 1. The summed E-state index contributed by atoms with van der Waals surface area (Å²) in [4.78, 5) is 83.8. The Morgan fingerprint density at radius 2 is 1.71 bits per heavy atom. The maximum Gasteiger partial charge on any atom is 0.274 e. The van der Waals surface area contributed by atoms with Crippen LogP contribution in [0.1, 0.15) is 47.3 Å². The van der Waals surface area contributed by atoms with Gasteiger partial charge >= 0.3 is 0 Å². The number of phosphoric ester groups is 3. The summed E-state index contributed by atoms with van der Waals surface area (Å²) in [6.45, 7) is 6.58. The zero-order valence-electron chi connectivity index (χ0n) is 28.5. The number of hydrogen-bond donors (Lipinski definition) is 5. The van der Waals surface area contributed by atoms with E-state index < -0.39 is 78.6 Å². The SMILES string of the molecule is CC(C)(C)SCCNC(=O)CCNC(=O)C(O)C(C)(C)COP(=O)([O-])OP(=O)([O-])OC[C@H]1O[C@@H](n2cnc3c(N)ncnc32)[C@@H](O)C1OP(=O)([O-])[O-]. The van der Waals surface area contributed by atoms with Crippen LogP contribution in [0.3, 0.4) is 0 Å². The predicted octanol–water partition coefficient (Wildman–Crippen LogP) is -2.59. The molecule has 3 rings (SSSR count). The third-order valence-electron chi connectivity index (χ3n) is 7.01. The lowest BCUT2D eigenvalue weighted by Gasteiger charge is -2.36. The van der Waals surface area contributed by atoms with Crippen LogP contribution >= 0.6 is 35.2 Å². The Hall–Kier alpha value is -2.11. The molecule has 27 heteroatoms. The van der Waals surface area contributed by atoms with Gasteiger partial charge in [0, 0.05) is 35.4 Å². The van der Waals surface area contributed by atoms with Crippen molar-refractivity contribution < 1.29 is 75.7 Å². The van der Waals surface area contributed by atoms with Gasteiger partial charge in [-0.3, -0.25) is 23.3 Å². The first-order valence-corrected chi connectivity index (χ1v) is 20.6. The first kappa shape index (κ1) is 44.3. The Labute approximate surface area is 301 Å². The van der Waals surface area contributed by atoms with Gasteiger partial charge in [-0.1, -0.05) is 34.6 Å². The number of nitrogens with one attached hydrogen (secondary N) is 2. The normalized spacial score (nSPS) is 22.8. The first-order chi connectivity index (χ1) is 23.8. The molecular weight excluding hydrogens is 779 g/mol. The largest absolute Gasteiger partial charge is 0.790 e. The Kier molecular flexibility index (Phi) is 15.0. The van der Waals surface area contributed by atoms with E-state index in [1.165, 1.54) is 13.8 Å². The van der Waals surface area contributed by atoms with E-state index in [0.717, 1.165) is 17.2 Å². The Balaban J connectivity index is 1.54. The molecule has 52 heavy (non-hydrogen) atoms. The van der Waals surface area contributed by atoms with Gasteiger partial charge in [-0.25, -0.2) is 19.3 Å².